The number of hydrogen-bond donors (Lipinski definition) is 9. The van der Waals surface area contributed by atoms with E-state index in [9.17, 15) is 38.7 Å². The molecular weight excluding hydrogens is 530 g/mol. The second-order valence-electron chi connectivity index (χ2n) is 10.0. The summed E-state index contributed by atoms with van der Waals surface area (Å²) in [5, 5.41) is 32.7. The van der Waals surface area contributed by atoms with E-state index in [-0.39, 0.29) is 31.2 Å². The monoisotopic (exact) mass is 573 g/mol. The van der Waals surface area contributed by atoms with Crippen molar-refractivity contribution >= 4 is 41.4 Å². The van der Waals surface area contributed by atoms with Gasteiger partial charge in [-0.1, -0.05) is 27.7 Å². The highest BCUT2D eigenvalue weighted by Crippen LogP contribution is 2.08. The van der Waals surface area contributed by atoms with Gasteiger partial charge in [-0.25, -0.2) is 0 Å². The highest BCUT2D eigenvalue weighted by atomic mass is 16.4. The molecule has 0 rings (SSSR count). The van der Waals surface area contributed by atoms with Crippen molar-refractivity contribution in [3.05, 3.63) is 0 Å². The molecule has 16 nitrogen and oxygen atoms in total. The molecular formula is C24H43N7O9. The lowest BCUT2D eigenvalue weighted by Gasteiger charge is -2.27. The number of hydrogen-bond acceptors (Lipinski definition) is 9. The molecule has 0 aliphatic rings. The molecule has 0 aromatic rings. The molecule has 0 radical (unpaired) electrons. The first-order valence-electron chi connectivity index (χ1n) is 12.9. The molecule has 0 bridgehead atoms. The summed E-state index contributed by atoms with van der Waals surface area (Å²) in [5.74, 6) is -5.69. The van der Waals surface area contributed by atoms with Crippen LogP contribution in [0.2, 0.25) is 0 Å². The third-order valence-corrected chi connectivity index (χ3v) is 5.25. The zero-order chi connectivity index (χ0) is 31.0. The van der Waals surface area contributed by atoms with E-state index in [0.717, 1.165) is 0 Å². The Morgan fingerprint density at radius 2 is 1.10 bits per heavy atom. The Morgan fingerprint density at radius 1 is 0.625 bits per heavy atom. The summed E-state index contributed by atoms with van der Waals surface area (Å²) in [4.78, 5) is 84.4. The third-order valence-electron chi connectivity index (χ3n) is 5.25. The van der Waals surface area contributed by atoms with Crippen LogP contribution in [0.5, 0.6) is 0 Å². The standard InChI is InChI=1S/C24H43N7O9/c1-12(2)6-15(22(38)28-10-19(35)26-9-18(34)27-11-20(36)37)30-24(40)21(14(5)32)31-23(39)16(7-13(3)4)29-17(33)8-25/h12-16,21,32H,6-11,25H2,1-5H3,(H,26,35)(H,27,34)(H,28,38)(H,29,33)(H,30,40)(H,31,39)(H,36,37)/t14-,15+,16+,21+/m1/s1. The van der Waals surface area contributed by atoms with Crippen LogP contribution in [0.15, 0.2) is 0 Å². The van der Waals surface area contributed by atoms with Gasteiger partial charge < -0.3 is 47.8 Å². The largest absolute Gasteiger partial charge is 0.480 e. The Kier molecular flexibility index (Phi) is 16.7. The first-order valence-corrected chi connectivity index (χ1v) is 12.9. The molecule has 10 N–H and O–H groups in total. The quantitative estimate of drug-likeness (QED) is 0.0775. The Hall–Kier alpha value is -3.79. The number of aliphatic carboxylic acids is 1. The molecule has 0 aromatic heterocycles. The SMILES string of the molecule is CC(C)C[C@H](NC(=O)CN)C(=O)N[C@H](C(=O)N[C@@H](CC(C)C)C(=O)NCC(=O)NCC(=O)NCC(=O)O)[C@@H](C)O. The van der Waals surface area contributed by atoms with Gasteiger partial charge in [0.15, 0.2) is 0 Å². The molecule has 4 atom stereocenters. The van der Waals surface area contributed by atoms with Crippen molar-refractivity contribution in [1.82, 2.24) is 31.9 Å². The fraction of sp³-hybridized carbons (Fsp3) is 0.708. The van der Waals surface area contributed by atoms with Crippen LogP contribution in [0, 0.1) is 11.8 Å². The summed E-state index contributed by atoms with van der Waals surface area (Å²) in [5.41, 5.74) is 5.32. The third kappa shape index (κ3) is 15.6. The van der Waals surface area contributed by atoms with Gasteiger partial charge in [-0.15, -0.1) is 0 Å². The minimum atomic E-state index is -1.47. The maximum atomic E-state index is 13.0. The summed E-state index contributed by atoms with van der Waals surface area (Å²) in [6, 6.07) is -3.61. The van der Waals surface area contributed by atoms with E-state index in [4.69, 9.17) is 10.8 Å². The van der Waals surface area contributed by atoms with E-state index < -0.39 is 85.3 Å². The second kappa shape index (κ2) is 18.5. The van der Waals surface area contributed by atoms with Gasteiger partial charge in [0, 0.05) is 0 Å². The number of carboxylic acids is 1. The summed E-state index contributed by atoms with van der Waals surface area (Å²) < 4.78 is 0. The first-order chi connectivity index (χ1) is 18.6. The molecule has 0 spiro atoms. The van der Waals surface area contributed by atoms with Gasteiger partial charge in [-0.3, -0.25) is 33.6 Å². The summed E-state index contributed by atoms with van der Waals surface area (Å²) in [6.07, 6.45) is -0.970. The normalized spacial score (nSPS) is 13.8. The van der Waals surface area contributed by atoms with Crippen molar-refractivity contribution in [2.24, 2.45) is 17.6 Å². The van der Waals surface area contributed by atoms with E-state index in [2.05, 4.69) is 31.9 Å². The average molecular weight is 574 g/mol. The van der Waals surface area contributed by atoms with Gasteiger partial charge in [0.05, 0.1) is 25.7 Å². The van der Waals surface area contributed by atoms with Gasteiger partial charge in [0.2, 0.25) is 35.4 Å². The Labute approximate surface area is 232 Å². The number of nitrogens with one attached hydrogen (secondary N) is 6. The molecule has 0 saturated heterocycles. The number of rotatable bonds is 18. The molecule has 0 aliphatic heterocycles. The smallest absolute Gasteiger partial charge is 0.322 e. The van der Waals surface area contributed by atoms with Crippen LogP contribution in [0.4, 0.5) is 0 Å². The van der Waals surface area contributed by atoms with Crippen LogP contribution in [-0.4, -0.2) is 102 Å². The van der Waals surface area contributed by atoms with E-state index in [1.165, 1.54) is 6.92 Å². The molecule has 40 heavy (non-hydrogen) atoms. The highest BCUT2D eigenvalue weighted by Gasteiger charge is 2.32. The van der Waals surface area contributed by atoms with E-state index in [1.807, 2.05) is 13.8 Å². The molecule has 16 heteroatoms. The molecule has 0 unspecified atom stereocenters. The van der Waals surface area contributed by atoms with Crippen LogP contribution in [0.1, 0.15) is 47.5 Å². The summed E-state index contributed by atoms with van der Waals surface area (Å²) in [7, 11) is 0. The Balaban J connectivity index is 5.29. The fourth-order valence-electron chi connectivity index (χ4n) is 3.35. The maximum Gasteiger partial charge on any atom is 0.322 e. The molecule has 0 fully saturated rings. The predicted octanol–water partition coefficient (Wildman–Crippen LogP) is -3.69. The Bertz CT molecular complexity index is 909. The van der Waals surface area contributed by atoms with Crippen LogP contribution in [0.3, 0.4) is 0 Å². The molecule has 228 valence electrons. The van der Waals surface area contributed by atoms with Crippen LogP contribution >= 0.6 is 0 Å². The number of carboxylic acid groups (broad SMARTS) is 1. The minimum absolute atomic E-state index is 0.00287. The number of carbonyl (C=O) groups is 7. The molecule has 0 saturated carbocycles. The number of aliphatic hydroxyl groups excluding tert-OH is 1. The predicted molar refractivity (Wildman–Crippen MR) is 142 cm³/mol. The number of carbonyl (C=O) groups excluding carboxylic acids is 6. The number of nitrogens with two attached hydrogens (primary N) is 1. The van der Waals surface area contributed by atoms with Crippen LogP contribution in [0.25, 0.3) is 0 Å². The maximum absolute atomic E-state index is 13.0. The lowest BCUT2D eigenvalue weighted by molar-refractivity contribution is -0.138. The van der Waals surface area contributed by atoms with Gasteiger partial charge in [0.25, 0.3) is 0 Å². The van der Waals surface area contributed by atoms with Crippen molar-refractivity contribution in [2.45, 2.75) is 71.7 Å². The van der Waals surface area contributed by atoms with E-state index in [1.54, 1.807) is 13.8 Å². The Morgan fingerprint density at radius 3 is 1.55 bits per heavy atom. The summed E-state index contributed by atoms with van der Waals surface area (Å²) in [6.45, 7) is 6.51. The van der Waals surface area contributed by atoms with Gasteiger partial charge >= 0.3 is 5.97 Å². The fourth-order valence-corrected chi connectivity index (χ4v) is 3.35. The van der Waals surface area contributed by atoms with Gasteiger partial charge in [-0.05, 0) is 31.6 Å². The van der Waals surface area contributed by atoms with Crippen LogP contribution in [-0.2, 0) is 33.6 Å². The summed E-state index contributed by atoms with van der Waals surface area (Å²) >= 11 is 0. The average Bonchev–Trinajstić information content (AvgIpc) is 2.85. The second-order valence-corrected chi connectivity index (χ2v) is 10.0. The van der Waals surface area contributed by atoms with Gasteiger partial charge in [0.1, 0.15) is 24.7 Å². The van der Waals surface area contributed by atoms with Crippen molar-refractivity contribution in [3.63, 3.8) is 0 Å². The van der Waals surface area contributed by atoms with Crippen molar-refractivity contribution in [1.29, 1.82) is 0 Å². The molecule has 0 aliphatic carbocycles. The minimum Gasteiger partial charge on any atom is -0.480 e. The zero-order valence-electron chi connectivity index (χ0n) is 23.5. The van der Waals surface area contributed by atoms with E-state index >= 15 is 0 Å². The van der Waals surface area contributed by atoms with E-state index in [0.29, 0.717) is 0 Å². The molecule has 6 amide bonds. The number of aliphatic hydroxyl groups is 1. The van der Waals surface area contributed by atoms with Crippen LogP contribution < -0.4 is 37.6 Å². The lowest BCUT2D eigenvalue weighted by Crippen LogP contribution is -2.60. The van der Waals surface area contributed by atoms with Crippen molar-refractivity contribution < 1.29 is 43.8 Å². The topological polar surface area (TPSA) is 258 Å². The number of amides is 6. The lowest BCUT2D eigenvalue weighted by atomic mass is 10.0. The molecule has 0 aromatic carbocycles. The van der Waals surface area contributed by atoms with Crippen molar-refractivity contribution in [3.8, 4) is 0 Å². The van der Waals surface area contributed by atoms with Gasteiger partial charge in [-0.2, -0.15) is 0 Å². The van der Waals surface area contributed by atoms with Crippen molar-refractivity contribution in [2.75, 3.05) is 26.2 Å². The molecule has 0 heterocycles. The zero-order valence-corrected chi connectivity index (χ0v) is 23.5. The first kappa shape index (κ1) is 36.2. The highest BCUT2D eigenvalue weighted by molar-refractivity contribution is 5.95.